The van der Waals surface area contributed by atoms with E-state index < -0.39 is 0 Å². The molecule has 2 amide bonds. The standard InChI is InChI=1S/C9H13N5O2/c10-6-4-12-14-8(6)9(16)13-5-1-2-7(15)11-3-5/h4-5H,1-3,10H2,(H,11,15)(H,12,14)(H,13,16). The minimum Gasteiger partial charge on any atom is -0.396 e. The summed E-state index contributed by atoms with van der Waals surface area (Å²) in [4.78, 5) is 22.6. The SMILES string of the molecule is Nc1cn[nH]c1C(=O)NC1CCC(=O)NC1. The number of rotatable bonds is 2. The van der Waals surface area contributed by atoms with Crippen LogP contribution in [0.3, 0.4) is 0 Å². The minimum absolute atomic E-state index is 0.0200. The molecule has 2 heterocycles. The molecule has 7 nitrogen and oxygen atoms in total. The van der Waals surface area contributed by atoms with Crippen LogP contribution < -0.4 is 16.4 Å². The topological polar surface area (TPSA) is 113 Å². The molecule has 1 aliphatic heterocycles. The molecular weight excluding hydrogens is 210 g/mol. The van der Waals surface area contributed by atoms with Gasteiger partial charge in [0, 0.05) is 19.0 Å². The highest BCUT2D eigenvalue weighted by Gasteiger charge is 2.21. The van der Waals surface area contributed by atoms with E-state index in [1.165, 1.54) is 6.20 Å². The van der Waals surface area contributed by atoms with Gasteiger partial charge < -0.3 is 16.4 Å². The molecule has 1 atom stereocenters. The van der Waals surface area contributed by atoms with Gasteiger partial charge in [0.2, 0.25) is 5.91 Å². The number of H-pyrrole nitrogens is 1. The summed E-state index contributed by atoms with van der Waals surface area (Å²) >= 11 is 0. The summed E-state index contributed by atoms with van der Waals surface area (Å²) in [5.74, 6) is -0.275. The molecule has 0 radical (unpaired) electrons. The zero-order valence-corrected chi connectivity index (χ0v) is 8.62. The first-order valence-corrected chi connectivity index (χ1v) is 5.03. The number of aromatic amines is 1. The fourth-order valence-electron chi connectivity index (χ4n) is 1.59. The predicted molar refractivity (Wildman–Crippen MR) is 56.5 cm³/mol. The number of nitrogens with one attached hydrogen (secondary N) is 3. The summed E-state index contributed by atoms with van der Waals surface area (Å²) in [5.41, 5.74) is 6.12. The number of nitrogens with zero attached hydrogens (tertiary/aromatic N) is 1. The van der Waals surface area contributed by atoms with Crippen molar-refractivity contribution in [3.63, 3.8) is 0 Å². The van der Waals surface area contributed by atoms with Gasteiger partial charge >= 0.3 is 0 Å². The Hall–Kier alpha value is -2.05. The number of anilines is 1. The summed E-state index contributed by atoms with van der Waals surface area (Å²) in [6.45, 7) is 0.457. The highest BCUT2D eigenvalue weighted by molar-refractivity contribution is 5.97. The Morgan fingerprint density at radius 3 is 3.00 bits per heavy atom. The van der Waals surface area contributed by atoms with Crippen molar-refractivity contribution in [3.8, 4) is 0 Å². The largest absolute Gasteiger partial charge is 0.396 e. The van der Waals surface area contributed by atoms with E-state index in [0.717, 1.165) is 0 Å². The molecule has 86 valence electrons. The highest BCUT2D eigenvalue weighted by Crippen LogP contribution is 2.08. The number of nitrogen functional groups attached to an aromatic ring is 1. The lowest BCUT2D eigenvalue weighted by molar-refractivity contribution is -0.122. The Kier molecular flexibility index (Phi) is 2.76. The summed E-state index contributed by atoms with van der Waals surface area (Å²) in [5, 5.41) is 11.7. The van der Waals surface area contributed by atoms with Crippen molar-refractivity contribution in [1.82, 2.24) is 20.8 Å². The molecule has 0 aliphatic carbocycles. The van der Waals surface area contributed by atoms with Crippen LogP contribution in [-0.4, -0.2) is 34.6 Å². The molecular formula is C9H13N5O2. The van der Waals surface area contributed by atoms with Crippen LogP contribution in [0, 0.1) is 0 Å². The average Bonchev–Trinajstić information content (AvgIpc) is 2.68. The number of hydrogen-bond donors (Lipinski definition) is 4. The molecule has 1 saturated heterocycles. The van der Waals surface area contributed by atoms with Crippen LogP contribution in [0.25, 0.3) is 0 Å². The molecule has 1 aliphatic rings. The number of piperidine rings is 1. The van der Waals surface area contributed by atoms with E-state index >= 15 is 0 Å². The molecule has 0 spiro atoms. The van der Waals surface area contributed by atoms with Crippen molar-refractivity contribution in [2.24, 2.45) is 0 Å². The zero-order chi connectivity index (χ0) is 11.5. The number of carbonyl (C=O) groups is 2. The third-order valence-electron chi connectivity index (χ3n) is 2.50. The zero-order valence-electron chi connectivity index (χ0n) is 8.62. The Balaban J connectivity index is 1.93. The van der Waals surface area contributed by atoms with Crippen molar-refractivity contribution in [1.29, 1.82) is 0 Å². The number of nitrogens with two attached hydrogens (primary N) is 1. The van der Waals surface area contributed by atoms with Crippen molar-refractivity contribution in [3.05, 3.63) is 11.9 Å². The molecule has 0 saturated carbocycles. The number of carbonyl (C=O) groups excluding carboxylic acids is 2. The van der Waals surface area contributed by atoms with E-state index in [-0.39, 0.29) is 23.6 Å². The minimum atomic E-state index is -0.295. The van der Waals surface area contributed by atoms with E-state index in [4.69, 9.17) is 5.73 Å². The van der Waals surface area contributed by atoms with Crippen molar-refractivity contribution in [2.45, 2.75) is 18.9 Å². The molecule has 7 heteroatoms. The number of amides is 2. The van der Waals surface area contributed by atoms with Crippen LogP contribution in [0.4, 0.5) is 5.69 Å². The van der Waals surface area contributed by atoms with Gasteiger partial charge in [0.1, 0.15) is 5.69 Å². The summed E-state index contributed by atoms with van der Waals surface area (Å²) < 4.78 is 0. The first-order chi connectivity index (χ1) is 7.66. The monoisotopic (exact) mass is 223 g/mol. The molecule has 0 aromatic carbocycles. The predicted octanol–water partition coefficient (Wildman–Crippen LogP) is -1.000. The second kappa shape index (κ2) is 4.21. The van der Waals surface area contributed by atoms with E-state index in [2.05, 4.69) is 20.8 Å². The lowest BCUT2D eigenvalue weighted by Gasteiger charge is -2.23. The van der Waals surface area contributed by atoms with E-state index in [9.17, 15) is 9.59 Å². The van der Waals surface area contributed by atoms with Crippen LogP contribution in [0.2, 0.25) is 0 Å². The maximum Gasteiger partial charge on any atom is 0.271 e. The van der Waals surface area contributed by atoms with Gasteiger partial charge in [-0.15, -0.1) is 0 Å². The summed E-state index contributed by atoms with van der Waals surface area (Å²) in [6.07, 6.45) is 2.46. The first-order valence-electron chi connectivity index (χ1n) is 5.03. The van der Waals surface area contributed by atoms with Gasteiger partial charge in [-0.3, -0.25) is 14.7 Å². The van der Waals surface area contributed by atoms with Gasteiger partial charge in [-0.2, -0.15) is 5.10 Å². The van der Waals surface area contributed by atoms with Crippen LogP contribution in [0.1, 0.15) is 23.3 Å². The summed E-state index contributed by atoms with van der Waals surface area (Å²) in [6, 6.07) is -0.0482. The lowest BCUT2D eigenvalue weighted by Crippen LogP contribution is -2.47. The lowest BCUT2D eigenvalue weighted by atomic mass is 10.1. The van der Waals surface area contributed by atoms with E-state index in [1.54, 1.807) is 0 Å². The molecule has 0 bridgehead atoms. The number of hydrogen-bond acceptors (Lipinski definition) is 4. The van der Waals surface area contributed by atoms with E-state index in [1.807, 2.05) is 0 Å². The van der Waals surface area contributed by atoms with Gasteiger partial charge in [0.25, 0.3) is 5.91 Å². The third-order valence-corrected chi connectivity index (χ3v) is 2.50. The van der Waals surface area contributed by atoms with Crippen LogP contribution in [-0.2, 0) is 4.79 Å². The highest BCUT2D eigenvalue weighted by atomic mass is 16.2. The molecule has 1 unspecified atom stereocenters. The molecule has 16 heavy (non-hydrogen) atoms. The Morgan fingerprint density at radius 2 is 2.44 bits per heavy atom. The van der Waals surface area contributed by atoms with Crippen LogP contribution in [0.5, 0.6) is 0 Å². The van der Waals surface area contributed by atoms with Gasteiger partial charge in [-0.1, -0.05) is 0 Å². The van der Waals surface area contributed by atoms with Crippen molar-refractivity contribution < 1.29 is 9.59 Å². The molecule has 2 rings (SSSR count). The van der Waals surface area contributed by atoms with Crippen LogP contribution >= 0.6 is 0 Å². The fraction of sp³-hybridized carbons (Fsp3) is 0.444. The molecule has 1 fully saturated rings. The smallest absolute Gasteiger partial charge is 0.271 e. The second-order valence-electron chi connectivity index (χ2n) is 3.71. The van der Waals surface area contributed by atoms with E-state index in [0.29, 0.717) is 25.1 Å². The Bertz CT molecular complexity index is 404. The average molecular weight is 223 g/mol. The Labute approximate surface area is 91.8 Å². The maximum absolute atomic E-state index is 11.7. The maximum atomic E-state index is 11.7. The quantitative estimate of drug-likeness (QED) is 0.515. The van der Waals surface area contributed by atoms with Crippen molar-refractivity contribution in [2.75, 3.05) is 12.3 Å². The number of aromatic nitrogens is 2. The first kappa shape index (κ1) is 10.5. The molecule has 1 aromatic rings. The molecule has 5 N–H and O–H groups in total. The Morgan fingerprint density at radius 1 is 1.62 bits per heavy atom. The third kappa shape index (κ3) is 2.13. The fourth-order valence-corrected chi connectivity index (χ4v) is 1.59. The van der Waals surface area contributed by atoms with Crippen molar-refractivity contribution >= 4 is 17.5 Å². The second-order valence-corrected chi connectivity index (χ2v) is 3.71. The summed E-state index contributed by atoms with van der Waals surface area (Å²) in [7, 11) is 0. The van der Waals surface area contributed by atoms with Crippen LogP contribution in [0.15, 0.2) is 6.20 Å². The van der Waals surface area contributed by atoms with Gasteiger partial charge in [0.15, 0.2) is 0 Å². The van der Waals surface area contributed by atoms with Gasteiger partial charge in [-0.25, -0.2) is 0 Å². The van der Waals surface area contributed by atoms with Gasteiger partial charge in [-0.05, 0) is 6.42 Å². The normalized spacial score (nSPS) is 20.2. The van der Waals surface area contributed by atoms with Gasteiger partial charge in [0.05, 0.1) is 11.9 Å². The molecule has 1 aromatic heterocycles.